The van der Waals surface area contributed by atoms with Crippen molar-refractivity contribution in [1.29, 1.82) is 0 Å². The number of aromatic nitrogens is 2. The first-order chi connectivity index (χ1) is 8.06. The number of carboxylic acids is 1. The Balaban J connectivity index is 2.25. The molecule has 0 aromatic carbocycles. The molecule has 0 spiro atoms. The average Bonchev–Trinajstić information content (AvgIpc) is 2.71. The van der Waals surface area contributed by atoms with Crippen molar-refractivity contribution < 1.29 is 9.90 Å². The largest absolute Gasteiger partial charge is 0.476 e. The summed E-state index contributed by atoms with van der Waals surface area (Å²) in [6.45, 7) is 2.15. The number of carboxylic acid groups (broad SMARTS) is 1. The summed E-state index contributed by atoms with van der Waals surface area (Å²) >= 11 is 1.23. The van der Waals surface area contributed by atoms with Crippen molar-refractivity contribution in [1.82, 2.24) is 9.55 Å². The molecule has 17 heavy (non-hydrogen) atoms. The molecule has 0 saturated heterocycles. The second-order valence-corrected chi connectivity index (χ2v) is 4.54. The predicted octanol–water partition coefficient (Wildman–Crippen LogP) is 1.36. The van der Waals surface area contributed by atoms with Crippen LogP contribution in [0.4, 0.5) is 0 Å². The molecule has 5 nitrogen and oxygen atoms in total. The summed E-state index contributed by atoms with van der Waals surface area (Å²) in [5.41, 5.74) is 0.804. The lowest BCUT2D eigenvalue weighted by molar-refractivity contribution is 0.0691. The number of thiazole rings is 1. The highest BCUT2D eigenvalue weighted by molar-refractivity contribution is 7.09. The maximum Gasteiger partial charge on any atom is 0.355 e. The Labute approximate surface area is 101 Å². The van der Waals surface area contributed by atoms with E-state index in [-0.39, 0.29) is 11.3 Å². The number of carbonyl (C=O) groups is 1. The number of hydrogen-bond acceptors (Lipinski definition) is 4. The van der Waals surface area contributed by atoms with E-state index >= 15 is 0 Å². The smallest absolute Gasteiger partial charge is 0.355 e. The summed E-state index contributed by atoms with van der Waals surface area (Å²) < 4.78 is 1.50. The standard InChI is InChI=1S/C11H10N2O3S/c1-7-2-3-13(10(14)4-7)5-9-12-8(6-17-9)11(15)16/h2-4,6H,5H2,1H3,(H,15,16). The zero-order chi connectivity index (χ0) is 12.4. The van der Waals surface area contributed by atoms with E-state index in [1.54, 1.807) is 6.20 Å². The lowest BCUT2D eigenvalue weighted by Gasteiger charge is -2.02. The number of aryl methyl sites for hydroxylation is 1. The van der Waals surface area contributed by atoms with Crippen molar-refractivity contribution in [2.75, 3.05) is 0 Å². The van der Waals surface area contributed by atoms with Crippen LogP contribution >= 0.6 is 11.3 Å². The zero-order valence-electron chi connectivity index (χ0n) is 9.08. The minimum Gasteiger partial charge on any atom is -0.476 e. The fourth-order valence-electron chi connectivity index (χ4n) is 1.36. The normalized spacial score (nSPS) is 10.4. The van der Waals surface area contributed by atoms with E-state index in [4.69, 9.17) is 5.11 Å². The van der Waals surface area contributed by atoms with E-state index in [9.17, 15) is 9.59 Å². The molecular weight excluding hydrogens is 240 g/mol. The van der Waals surface area contributed by atoms with E-state index in [1.165, 1.54) is 27.4 Å². The van der Waals surface area contributed by atoms with Gasteiger partial charge < -0.3 is 9.67 Å². The molecule has 0 fully saturated rings. The second-order valence-electron chi connectivity index (χ2n) is 3.60. The lowest BCUT2D eigenvalue weighted by atomic mass is 10.3. The van der Waals surface area contributed by atoms with E-state index < -0.39 is 5.97 Å². The Bertz CT molecular complexity index is 615. The molecular formula is C11H10N2O3S. The highest BCUT2D eigenvalue weighted by Gasteiger charge is 2.09. The van der Waals surface area contributed by atoms with Crippen LogP contribution in [-0.2, 0) is 6.54 Å². The summed E-state index contributed by atoms with van der Waals surface area (Å²) in [5.74, 6) is -1.05. The van der Waals surface area contributed by atoms with Crippen molar-refractivity contribution in [3.63, 3.8) is 0 Å². The first kappa shape index (κ1) is 11.5. The maximum atomic E-state index is 11.6. The SMILES string of the molecule is Cc1ccn(Cc2nc(C(=O)O)cs2)c(=O)c1. The number of rotatable bonds is 3. The van der Waals surface area contributed by atoms with Gasteiger partial charge in [0.05, 0.1) is 6.54 Å². The third-order valence-corrected chi connectivity index (χ3v) is 3.06. The van der Waals surface area contributed by atoms with Crippen molar-refractivity contribution >= 4 is 17.3 Å². The first-order valence-corrected chi connectivity index (χ1v) is 5.79. The van der Waals surface area contributed by atoms with Gasteiger partial charge in [0.15, 0.2) is 5.69 Å². The Morgan fingerprint density at radius 2 is 2.35 bits per heavy atom. The van der Waals surface area contributed by atoms with Crippen molar-refractivity contribution in [2.45, 2.75) is 13.5 Å². The van der Waals surface area contributed by atoms with Gasteiger partial charge in [-0.2, -0.15) is 0 Å². The third kappa shape index (κ3) is 2.59. The molecule has 0 aliphatic rings. The molecule has 0 amide bonds. The monoisotopic (exact) mass is 250 g/mol. The van der Waals surface area contributed by atoms with E-state index in [0.717, 1.165) is 5.56 Å². The molecule has 0 unspecified atom stereocenters. The summed E-state index contributed by atoms with van der Waals surface area (Å²) in [6.07, 6.45) is 1.68. The summed E-state index contributed by atoms with van der Waals surface area (Å²) in [5, 5.41) is 10.8. The molecule has 0 saturated carbocycles. The Kier molecular flexibility index (Phi) is 3.06. The third-order valence-electron chi connectivity index (χ3n) is 2.23. The van der Waals surface area contributed by atoms with Gasteiger partial charge in [-0.3, -0.25) is 4.79 Å². The summed E-state index contributed by atoms with van der Waals surface area (Å²) in [7, 11) is 0. The summed E-state index contributed by atoms with van der Waals surface area (Å²) in [4.78, 5) is 26.2. The number of nitrogens with zero attached hydrogens (tertiary/aromatic N) is 2. The number of hydrogen-bond donors (Lipinski definition) is 1. The van der Waals surface area contributed by atoms with Crippen LogP contribution in [0.2, 0.25) is 0 Å². The highest BCUT2D eigenvalue weighted by atomic mass is 32.1. The molecule has 6 heteroatoms. The summed E-state index contributed by atoms with van der Waals surface area (Å²) in [6, 6.07) is 3.36. The van der Waals surface area contributed by atoms with Crippen molar-refractivity contribution in [3.8, 4) is 0 Å². The van der Waals surface area contributed by atoms with Gasteiger partial charge >= 0.3 is 5.97 Å². The van der Waals surface area contributed by atoms with Crippen LogP contribution in [0.1, 0.15) is 21.1 Å². The van der Waals surface area contributed by atoms with Gasteiger partial charge in [0, 0.05) is 17.6 Å². The van der Waals surface area contributed by atoms with Gasteiger partial charge in [-0.25, -0.2) is 9.78 Å². The minimum absolute atomic E-state index is 0.0187. The van der Waals surface area contributed by atoms with Gasteiger partial charge in [-0.1, -0.05) is 0 Å². The molecule has 2 rings (SSSR count). The number of pyridine rings is 1. The molecule has 88 valence electrons. The van der Waals surface area contributed by atoms with E-state index in [2.05, 4.69) is 4.98 Å². The second kappa shape index (κ2) is 4.50. The Morgan fingerprint density at radius 3 is 2.94 bits per heavy atom. The van der Waals surface area contributed by atoms with Crippen LogP contribution in [0, 0.1) is 6.92 Å². The topological polar surface area (TPSA) is 72.2 Å². The maximum absolute atomic E-state index is 11.6. The number of aromatic carboxylic acids is 1. The molecule has 1 N–H and O–H groups in total. The van der Waals surface area contributed by atoms with E-state index in [0.29, 0.717) is 11.6 Å². The Hall–Kier alpha value is -1.95. The molecule has 0 radical (unpaired) electrons. The van der Waals surface area contributed by atoms with Crippen LogP contribution < -0.4 is 5.56 Å². The van der Waals surface area contributed by atoms with Gasteiger partial charge in [0.25, 0.3) is 5.56 Å². The first-order valence-electron chi connectivity index (χ1n) is 4.91. The highest BCUT2D eigenvalue weighted by Crippen LogP contribution is 2.10. The molecule has 2 heterocycles. The molecule has 2 aromatic rings. The molecule has 0 aliphatic heterocycles. The minimum atomic E-state index is -1.05. The van der Waals surface area contributed by atoms with Crippen molar-refractivity contribution in [2.24, 2.45) is 0 Å². The predicted molar refractivity (Wildman–Crippen MR) is 63.6 cm³/mol. The Morgan fingerprint density at radius 1 is 1.59 bits per heavy atom. The fourth-order valence-corrected chi connectivity index (χ4v) is 2.13. The molecule has 0 aliphatic carbocycles. The quantitative estimate of drug-likeness (QED) is 0.892. The molecule has 0 bridgehead atoms. The average molecular weight is 250 g/mol. The van der Waals surface area contributed by atoms with Gasteiger partial charge in [0.1, 0.15) is 5.01 Å². The van der Waals surface area contributed by atoms with Crippen LogP contribution in [-0.4, -0.2) is 20.6 Å². The van der Waals surface area contributed by atoms with Crippen LogP contribution in [0.5, 0.6) is 0 Å². The molecule has 2 aromatic heterocycles. The fraction of sp³-hybridized carbons (Fsp3) is 0.182. The lowest BCUT2D eigenvalue weighted by Crippen LogP contribution is -2.19. The van der Waals surface area contributed by atoms with Gasteiger partial charge in [-0.05, 0) is 18.6 Å². The van der Waals surface area contributed by atoms with Gasteiger partial charge in [-0.15, -0.1) is 11.3 Å². The van der Waals surface area contributed by atoms with Crippen LogP contribution in [0.25, 0.3) is 0 Å². The van der Waals surface area contributed by atoms with Gasteiger partial charge in [0.2, 0.25) is 0 Å². The molecule has 0 atom stereocenters. The van der Waals surface area contributed by atoms with E-state index in [1.807, 2.05) is 13.0 Å². The van der Waals surface area contributed by atoms with Crippen LogP contribution in [0.15, 0.2) is 28.5 Å². The van der Waals surface area contributed by atoms with Crippen LogP contribution in [0.3, 0.4) is 0 Å². The zero-order valence-corrected chi connectivity index (χ0v) is 9.90. The van der Waals surface area contributed by atoms with Crippen molar-refractivity contribution in [3.05, 3.63) is 50.3 Å².